The number of aromatic carboxylic acids is 1. The number of hydrogen-bond donors (Lipinski definition) is 2. The van der Waals surface area contributed by atoms with Gasteiger partial charge in [-0.15, -0.1) is 0 Å². The van der Waals surface area contributed by atoms with Gasteiger partial charge in [0, 0.05) is 16.0 Å². The summed E-state index contributed by atoms with van der Waals surface area (Å²) in [4.78, 5) is 11.6. The molecular formula is C19H15Cl2NO2. The smallest absolute Gasteiger partial charge is 0.337 e. The van der Waals surface area contributed by atoms with Crippen molar-refractivity contribution in [3.8, 4) is 0 Å². The van der Waals surface area contributed by atoms with Crippen LogP contribution in [-0.4, -0.2) is 11.1 Å². The molecule has 122 valence electrons. The third-order valence-corrected chi connectivity index (χ3v) is 5.49. The van der Waals surface area contributed by atoms with Crippen LogP contribution < -0.4 is 5.32 Å². The van der Waals surface area contributed by atoms with Crippen molar-refractivity contribution < 1.29 is 9.90 Å². The summed E-state index contributed by atoms with van der Waals surface area (Å²) in [5.74, 6) is -0.432. The highest BCUT2D eigenvalue weighted by atomic mass is 35.5. The molecule has 2 aliphatic rings. The summed E-state index contributed by atoms with van der Waals surface area (Å²) in [5.41, 5.74) is 2.97. The molecule has 0 bridgehead atoms. The van der Waals surface area contributed by atoms with Crippen LogP contribution in [0.5, 0.6) is 0 Å². The van der Waals surface area contributed by atoms with E-state index in [-0.39, 0.29) is 12.0 Å². The third-order valence-electron chi connectivity index (χ3n) is 4.92. The number of carboxylic acid groups (broad SMARTS) is 1. The van der Waals surface area contributed by atoms with Crippen LogP contribution in [0.1, 0.15) is 39.9 Å². The first-order valence-electron chi connectivity index (χ1n) is 7.80. The van der Waals surface area contributed by atoms with Crippen molar-refractivity contribution in [3.63, 3.8) is 0 Å². The second-order valence-corrected chi connectivity index (χ2v) is 7.06. The highest BCUT2D eigenvalue weighted by Crippen LogP contribution is 2.51. The Labute approximate surface area is 149 Å². The van der Waals surface area contributed by atoms with Gasteiger partial charge < -0.3 is 10.4 Å². The molecule has 0 fully saturated rings. The fourth-order valence-corrected chi connectivity index (χ4v) is 4.39. The molecule has 2 N–H and O–H groups in total. The lowest BCUT2D eigenvalue weighted by Crippen LogP contribution is -2.30. The average Bonchev–Trinajstić information content (AvgIpc) is 3.03. The molecule has 1 aliphatic carbocycles. The fraction of sp³-hybridized carbons (Fsp3) is 0.211. The number of para-hydroxylation sites is 1. The summed E-state index contributed by atoms with van der Waals surface area (Å²) in [6, 6.07) is 10.9. The highest BCUT2D eigenvalue weighted by Gasteiger charge is 2.39. The minimum Gasteiger partial charge on any atom is -0.478 e. The van der Waals surface area contributed by atoms with Gasteiger partial charge in [-0.25, -0.2) is 4.79 Å². The first kappa shape index (κ1) is 15.6. The van der Waals surface area contributed by atoms with Gasteiger partial charge in [0.15, 0.2) is 0 Å². The quantitative estimate of drug-likeness (QED) is 0.694. The van der Waals surface area contributed by atoms with Gasteiger partial charge in [-0.05, 0) is 41.7 Å². The molecule has 0 radical (unpaired) electrons. The molecule has 0 aromatic heterocycles. The van der Waals surface area contributed by atoms with E-state index < -0.39 is 5.97 Å². The zero-order chi connectivity index (χ0) is 16.8. The van der Waals surface area contributed by atoms with Crippen molar-refractivity contribution in [1.29, 1.82) is 0 Å². The maximum Gasteiger partial charge on any atom is 0.337 e. The van der Waals surface area contributed by atoms with Crippen LogP contribution >= 0.6 is 23.2 Å². The number of carboxylic acids is 1. The van der Waals surface area contributed by atoms with Crippen LogP contribution in [0.2, 0.25) is 10.0 Å². The van der Waals surface area contributed by atoms with Gasteiger partial charge in [0.2, 0.25) is 0 Å². The Morgan fingerprint density at radius 1 is 1.17 bits per heavy atom. The molecule has 0 unspecified atom stereocenters. The normalized spacial score (nSPS) is 24.2. The van der Waals surface area contributed by atoms with E-state index in [0.29, 0.717) is 27.2 Å². The molecule has 0 saturated heterocycles. The van der Waals surface area contributed by atoms with E-state index in [9.17, 15) is 9.90 Å². The first-order valence-corrected chi connectivity index (χ1v) is 8.56. The van der Waals surface area contributed by atoms with Crippen molar-refractivity contribution in [3.05, 3.63) is 75.3 Å². The van der Waals surface area contributed by atoms with Crippen molar-refractivity contribution in [2.24, 2.45) is 5.92 Å². The molecule has 1 aliphatic heterocycles. The molecule has 0 spiro atoms. The van der Waals surface area contributed by atoms with Crippen molar-refractivity contribution in [2.45, 2.75) is 18.4 Å². The van der Waals surface area contributed by atoms with Crippen LogP contribution in [0.4, 0.5) is 5.69 Å². The molecule has 3 atom stereocenters. The summed E-state index contributed by atoms with van der Waals surface area (Å²) >= 11 is 12.4. The van der Waals surface area contributed by atoms with Gasteiger partial charge in [-0.2, -0.15) is 0 Å². The van der Waals surface area contributed by atoms with Crippen molar-refractivity contribution in [1.82, 2.24) is 0 Å². The van der Waals surface area contributed by atoms with E-state index in [1.165, 1.54) is 0 Å². The summed E-state index contributed by atoms with van der Waals surface area (Å²) < 4.78 is 0. The van der Waals surface area contributed by atoms with E-state index >= 15 is 0 Å². The molecule has 1 heterocycles. The van der Waals surface area contributed by atoms with Crippen molar-refractivity contribution >= 4 is 34.9 Å². The minimum absolute atomic E-state index is 0.0530. The van der Waals surface area contributed by atoms with Gasteiger partial charge in [0.05, 0.1) is 17.3 Å². The molecule has 2 aromatic carbocycles. The van der Waals surface area contributed by atoms with Gasteiger partial charge in [-0.3, -0.25) is 0 Å². The Morgan fingerprint density at radius 3 is 2.75 bits per heavy atom. The standard InChI is InChI=1S/C19H15Cl2NO2/c20-10-7-8-14(16(21)9-10)17-12-4-1-3-11(12)13-5-2-6-15(19(23)24)18(13)22-17/h1-3,5-9,11-12,17,22H,4H2,(H,23,24)/t11-,12+,17-/m0/s1. The molecule has 0 saturated carbocycles. The van der Waals surface area contributed by atoms with E-state index in [0.717, 1.165) is 17.5 Å². The lowest BCUT2D eigenvalue weighted by molar-refractivity contribution is 0.0697. The SMILES string of the molecule is O=C(O)c1cccc2c1N[C@H](c1ccc(Cl)cc1Cl)[C@@H]1CC=C[C@H]21. The summed E-state index contributed by atoms with van der Waals surface area (Å²) in [6.07, 6.45) is 5.27. The zero-order valence-electron chi connectivity index (χ0n) is 12.7. The molecule has 24 heavy (non-hydrogen) atoms. The highest BCUT2D eigenvalue weighted by molar-refractivity contribution is 6.35. The summed E-state index contributed by atoms with van der Waals surface area (Å²) in [6.45, 7) is 0. The Hall–Kier alpha value is -1.97. The average molecular weight is 360 g/mol. The monoisotopic (exact) mass is 359 g/mol. The zero-order valence-corrected chi connectivity index (χ0v) is 14.2. The third kappa shape index (κ3) is 2.40. The van der Waals surface area contributed by atoms with E-state index in [2.05, 4.69) is 17.5 Å². The molecule has 3 nitrogen and oxygen atoms in total. The molecular weight excluding hydrogens is 345 g/mol. The number of fused-ring (bicyclic) bond motifs is 3. The maximum absolute atomic E-state index is 11.6. The van der Waals surface area contributed by atoms with Crippen LogP contribution in [0.3, 0.4) is 0 Å². The van der Waals surface area contributed by atoms with Crippen LogP contribution in [-0.2, 0) is 0 Å². The predicted molar refractivity (Wildman–Crippen MR) is 96.2 cm³/mol. The molecule has 5 heteroatoms. The Morgan fingerprint density at radius 2 is 2.00 bits per heavy atom. The Bertz CT molecular complexity index is 862. The van der Waals surface area contributed by atoms with Gasteiger partial charge in [0.25, 0.3) is 0 Å². The van der Waals surface area contributed by atoms with Crippen LogP contribution in [0.15, 0.2) is 48.6 Å². The Kier molecular flexibility index (Phi) is 3.78. The van der Waals surface area contributed by atoms with Crippen LogP contribution in [0.25, 0.3) is 0 Å². The fourth-order valence-electron chi connectivity index (χ4n) is 3.86. The number of hydrogen-bond acceptors (Lipinski definition) is 2. The van der Waals surface area contributed by atoms with Gasteiger partial charge in [-0.1, -0.05) is 53.6 Å². The number of carbonyl (C=O) groups is 1. The number of halogens is 2. The topological polar surface area (TPSA) is 49.3 Å². The number of anilines is 1. The Balaban J connectivity index is 1.86. The van der Waals surface area contributed by atoms with E-state index in [1.807, 2.05) is 24.3 Å². The number of nitrogens with one attached hydrogen (secondary N) is 1. The largest absolute Gasteiger partial charge is 0.478 e. The lowest BCUT2D eigenvalue weighted by atomic mass is 9.76. The lowest BCUT2D eigenvalue weighted by Gasteiger charge is -2.38. The van der Waals surface area contributed by atoms with E-state index in [4.69, 9.17) is 23.2 Å². The molecule has 4 rings (SSSR count). The number of rotatable bonds is 2. The second kappa shape index (κ2) is 5.83. The summed E-state index contributed by atoms with van der Waals surface area (Å²) in [5, 5.41) is 14.2. The number of benzene rings is 2. The molecule has 0 amide bonds. The maximum atomic E-state index is 11.6. The summed E-state index contributed by atoms with van der Waals surface area (Å²) in [7, 11) is 0. The first-order chi connectivity index (χ1) is 11.6. The molecule has 2 aromatic rings. The second-order valence-electron chi connectivity index (χ2n) is 6.22. The minimum atomic E-state index is -0.930. The van der Waals surface area contributed by atoms with Gasteiger partial charge >= 0.3 is 5.97 Å². The van der Waals surface area contributed by atoms with Crippen molar-refractivity contribution in [2.75, 3.05) is 5.32 Å². The van der Waals surface area contributed by atoms with Crippen LogP contribution in [0, 0.1) is 5.92 Å². The van der Waals surface area contributed by atoms with Gasteiger partial charge in [0.1, 0.15) is 0 Å². The number of allylic oxidation sites excluding steroid dienone is 2. The predicted octanol–water partition coefficient (Wildman–Crippen LogP) is 5.52. The van der Waals surface area contributed by atoms with E-state index in [1.54, 1.807) is 12.1 Å².